The summed E-state index contributed by atoms with van der Waals surface area (Å²) in [4.78, 5) is 18.2. The van der Waals surface area contributed by atoms with Gasteiger partial charge in [0, 0.05) is 43.0 Å². The number of aromatic nitrogens is 3. The van der Waals surface area contributed by atoms with E-state index in [-0.39, 0.29) is 0 Å². The van der Waals surface area contributed by atoms with Crippen molar-refractivity contribution in [3.8, 4) is 22.5 Å². The third-order valence-electron chi connectivity index (χ3n) is 3.73. The molecule has 1 heterocycles. The first-order chi connectivity index (χ1) is 11.5. The maximum atomic E-state index is 12.0. The molecule has 0 saturated heterocycles. The van der Waals surface area contributed by atoms with Crippen LogP contribution in [0.2, 0.25) is 5.02 Å². The molecule has 0 aliphatic carbocycles. The molecule has 6 heteroatoms. The monoisotopic (exact) mass is 340 g/mol. The molecule has 0 fully saturated rings. The molecule has 1 aromatic heterocycles. The summed E-state index contributed by atoms with van der Waals surface area (Å²) in [5.41, 5.74) is 3.60. The summed E-state index contributed by atoms with van der Waals surface area (Å²) < 4.78 is 1.24. The maximum absolute atomic E-state index is 12.0. The summed E-state index contributed by atoms with van der Waals surface area (Å²) >= 11 is 5.95. The Morgan fingerprint density at radius 2 is 1.46 bits per heavy atom. The second-order valence-electron chi connectivity index (χ2n) is 5.66. The minimum Gasteiger partial charge on any atom is -0.378 e. The summed E-state index contributed by atoms with van der Waals surface area (Å²) in [5, 5.41) is 5.04. The number of hydrogen-bond donors (Lipinski definition) is 0. The Morgan fingerprint density at radius 1 is 0.917 bits per heavy atom. The zero-order chi connectivity index (χ0) is 17.3. The fourth-order valence-corrected chi connectivity index (χ4v) is 2.51. The predicted octanol–water partition coefficient (Wildman–Crippen LogP) is 3.23. The molecule has 0 spiro atoms. The molecule has 0 unspecified atom stereocenters. The van der Waals surface area contributed by atoms with E-state index in [0.717, 1.165) is 16.8 Å². The van der Waals surface area contributed by atoms with Crippen LogP contribution >= 0.6 is 11.6 Å². The molecule has 0 aliphatic rings. The lowest BCUT2D eigenvalue weighted by Gasteiger charge is -2.14. The molecule has 0 radical (unpaired) electrons. The number of halogens is 1. The number of hydrogen-bond acceptors (Lipinski definition) is 4. The van der Waals surface area contributed by atoms with Crippen LogP contribution in [-0.4, -0.2) is 28.9 Å². The largest absolute Gasteiger partial charge is 0.378 e. The molecular weight excluding hydrogens is 324 g/mol. The number of rotatable bonds is 3. The van der Waals surface area contributed by atoms with Gasteiger partial charge in [-0.3, -0.25) is 0 Å². The zero-order valence-electron chi connectivity index (χ0n) is 13.7. The highest BCUT2D eigenvalue weighted by Crippen LogP contribution is 2.29. The third kappa shape index (κ3) is 3.16. The molecule has 122 valence electrons. The fourth-order valence-electron chi connectivity index (χ4n) is 2.38. The van der Waals surface area contributed by atoms with Crippen LogP contribution in [-0.2, 0) is 7.05 Å². The van der Waals surface area contributed by atoms with Gasteiger partial charge >= 0.3 is 5.69 Å². The van der Waals surface area contributed by atoms with Crippen molar-refractivity contribution in [2.24, 2.45) is 7.05 Å². The number of benzene rings is 2. The van der Waals surface area contributed by atoms with Crippen molar-refractivity contribution in [2.45, 2.75) is 0 Å². The van der Waals surface area contributed by atoms with Crippen LogP contribution in [0.25, 0.3) is 22.5 Å². The normalized spacial score (nSPS) is 10.7. The lowest BCUT2D eigenvalue weighted by molar-refractivity contribution is 0.681. The van der Waals surface area contributed by atoms with Gasteiger partial charge in [0.05, 0.1) is 0 Å². The summed E-state index contributed by atoms with van der Waals surface area (Å²) in [6.07, 6.45) is 0. The van der Waals surface area contributed by atoms with Crippen LogP contribution in [0.5, 0.6) is 0 Å². The molecule has 0 atom stereocenters. The lowest BCUT2D eigenvalue weighted by Crippen LogP contribution is -2.24. The molecule has 24 heavy (non-hydrogen) atoms. The standard InChI is InChI=1S/C18H17ClN4O/c1-22(2)15-10-6-13(7-11-15)17-16(20-18(24)23(3)21-17)12-4-8-14(19)9-5-12/h4-11H,1-3H3. The third-order valence-corrected chi connectivity index (χ3v) is 3.99. The molecule has 2 aromatic carbocycles. The molecule has 0 bridgehead atoms. The molecule has 0 amide bonds. The topological polar surface area (TPSA) is 51.0 Å². The lowest BCUT2D eigenvalue weighted by atomic mass is 10.0. The van der Waals surface area contributed by atoms with Gasteiger partial charge in [0.2, 0.25) is 0 Å². The van der Waals surface area contributed by atoms with Crippen LogP contribution < -0.4 is 10.6 Å². The first-order valence-corrected chi connectivity index (χ1v) is 7.82. The van der Waals surface area contributed by atoms with Crippen LogP contribution in [0.4, 0.5) is 5.69 Å². The van der Waals surface area contributed by atoms with Gasteiger partial charge in [0.25, 0.3) is 0 Å². The minimum atomic E-state index is -0.395. The van der Waals surface area contributed by atoms with Crippen LogP contribution in [0.15, 0.2) is 53.3 Å². The van der Waals surface area contributed by atoms with Crippen molar-refractivity contribution >= 4 is 17.3 Å². The number of aryl methyl sites for hydroxylation is 1. The van der Waals surface area contributed by atoms with E-state index in [1.54, 1.807) is 19.2 Å². The van der Waals surface area contributed by atoms with E-state index < -0.39 is 5.69 Å². The Bertz CT molecular complexity index is 915. The van der Waals surface area contributed by atoms with Crippen molar-refractivity contribution in [2.75, 3.05) is 19.0 Å². The highest BCUT2D eigenvalue weighted by atomic mass is 35.5. The van der Waals surface area contributed by atoms with Crippen molar-refractivity contribution < 1.29 is 0 Å². The van der Waals surface area contributed by atoms with Gasteiger partial charge in [-0.05, 0) is 24.3 Å². The van der Waals surface area contributed by atoms with Crippen molar-refractivity contribution in [1.29, 1.82) is 0 Å². The first kappa shape index (κ1) is 16.2. The van der Waals surface area contributed by atoms with E-state index >= 15 is 0 Å². The average Bonchev–Trinajstić information content (AvgIpc) is 2.58. The Hall–Kier alpha value is -2.66. The second-order valence-corrected chi connectivity index (χ2v) is 6.10. The van der Waals surface area contributed by atoms with E-state index in [9.17, 15) is 4.79 Å². The first-order valence-electron chi connectivity index (χ1n) is 7.45. The van der Waals surface area contributed by atoms with E-state index in [0.29, 0.717) is 16.4 Å². The van der Waals surface area contributed by atoms with Gasteiger partial charge in [-0.2, -0.15) is 10.1 Å². The summed E-state index contributed by atoms with van der Waals surface area (Å²) in [5.74, 6) is 0. The maximum Gasteiger partial charge on any atom is 0.364 e. The fraction of sp³-hybridized carbons (Fsp3) is 0.167. The summed E-state index contributed by atoms with van der Waals surface area (Å²) in [6.45, 7) is 0. The number of nitrogens with zero attached hydrogens (tertiary/aromatic N) is 4. The van der Waals surface area contributed by atoms with Gasteiger partial charge in [0.1, 0.15) is 11.4 Å². The van der Waals surface area contributed by atoms with E-state index in [1.165, 1.54) is 4.68 Å². The van der Waals surface area contributed by atoms with E-state index in [2.05, 4.69) is 10.1 Å². The van der Waals surface area contributed by atoms with Crippen LogP contribution in [0.3, 0.4) is 0 Å². The molecule has 0 saturated carbocycles. The Morgan fingerprint density at radius 3 is 2.04 bits per heavy atom. The van der Waals surface area contributed by atoms with E-state index in [4.69, 9.17) is 11.6 Å². The minimum absolute atomic E-state index is 0.395. The van der Waals surface area contributed by atoms with Crippen LogP contribution in [0, 0.1) is 0 Å². The molecule has 0 aliphatic heterocycles. The van der Waals surface area contributed by atoms with E-state index in [1.807, 2.05) is 55.4 Å². The van der Waals surface area contributed by atoms with Gasteiger partial charge in [-0.15, -0.1) is 0 Å². The summed E-state index contributed by atoms with van der Waals surface area (Å²) in [6, 6.07) is 15.2. The molecular formula is C18H17ClN4O. The molecule has 3 aromatic rings. The number of anilines is 1. The molecule has 0 N–H and O–H groups in total. The Labute approximate surface area is 145 Å². The van der Waals surface area contributed by atoms with Gasteiger partial charge in [-0.1, -0.05) is 35.9 Å². The average molecular weight is 341 g/mol. The molecule has 3 rings (SSSR count). The molecule has 5 nitrogen and oxygen atoms in total. The Kier molecular flexibility index (Phi) is 4.36. The van der Waals surface area contributed by atoms with Crippen molar-refractivity contribution in [3.63, 3.8) is 0 Å². The van der Waals surface area contributed by atoms with Crippen LogP contribution in [0.1, 0.15) is 0 Å². The zero-order valence-corrected chi connectivity index (χ0v) is 14.4. The van der Waals surface area contributed by atoms with Crippen molar-refractivity contribution in [3.05, 3.63) is 64.0 Å². The predicted molar refractivity (Wildman–Crippen MR) is 97.5 cm³/mol. The smallest absolute Gasteiger partial charge is 0.364 e. The quantitative estimate of drug-likeness (QED) is 0.734. The highest BCUT2D eigenvalue weighted by Gasteiger charge is 2.14. The summed E-state index contributed by atoms with van der Waals surface area (Å²) in [7, 11) is 5.57. The highest BCUT2D eigenvalue weighted by molar-refractivity contribution is 6.30. The van der Waals surface area contributed by atoms with Gasteiger partial charge in [-0.25, -0.2) is 9.48 Å². The van der Waals surface area contributed by atoms with Gasteiger partial charge < -0.3 is 4.90 Å². The SMILES string of the molecule is CN(C)c1ccc(-c2nn(C)c(=O)nc2-c2ccc(Cl)cc2)cc1. The van der Waals surface area contributed by atoms with Crippen molar-refractivity contribution in [1.82, 2.24) is 14.8 Å². The van der Waals surface area contributed by atoms with Gasteiger partial charge in [0.15, 0.2) is 0 Å². The second kappa shape index (κ2) is 6.45. The Balaban J connectivity index is 2.17.